The van der Waals surface area contributed by atoms with Crippen LogP contribution in [0.4, 0.5) is 0 Å². The summed E-state index contributed by atoms with van der Waals surface area (Å²) in [4.78, 5) is 9.02. The Morgan fingerprint density at radius 1 is 0.800 bits per heavy atom. The molecule has 0 saturated carbocycles. The number of hydrogen-bond donors (Lipinski definition) is 0. The van der Waals surface area contributed by atoms with E-state index in [1.807, 2.05) is 38.4 Å². The van der Waals surface area contributed by atoms with E-state index in [2.05, 4.69) is 46.4 Å². The zero-order valence-electron chi connectivity index (χ0n) is 14.1. The van der Waals surface area contributed by atoms with Gasteiger partial charge in [-0.2, -0.15) is 0 Å². The molecule has 0 N–H and O–H groups in total. The highest BCUT2D eigenvalue weighted by molar-refractivity contribution is 6.17. The Balaban J connectivity index is 1.92. The average molecular weight is 324 g/mol. The smallest absolute Gasteiger partial charge is 0.145 e. The molecule has 0 amide bonds. The van der Waals surface area contributed by atoms with Crippen molar-refractivity contribution >= 4 is 32.7 Å². The van der Waals surface area contributed by atoms with Crippen LogP contribution in [0.5, 0.6) is 0 Å². The molecule has 5 rings (SSSR count). The molecule has 0 unspecified atom stereocenters. The Kier molecular flexibility index (Phi) is 2.92. The Morgan fingerprint density at radius 2 is 1.68 bits per heavy atom. The minimum absolute atomic E-state index is 0.879. The maximum absolute atomic E-state index is 6.38. The zero-order valence-corrected chi connectivity index (χ0v) is 14.1. The first-order valence-corrected chi connectivity index (χ1v) is 8.35. The van der Waals surface area contributed by atoms with E-state index in [1.54, 1.807) is 0 Å². The lowest BCUT2D eigenvalue weighted by molar-refractivity contribution is 0.673. The van der Waals surface area contributed by atoms with Crippen molar-refractivity contribution in [2.24, 2.45) is 0 Å². The molecule has 0 bridgehead atoms. The summed E-state index contributed by atoms with van der Waals surface area (Å²) in [5.74, 6) is 0. The molecule has 2 aromatic carbocycles. The number of para-hydroxylation sites is 1. The Morgan fingerprint density at radius 3 is 2.52 bits per heavy atom. The fourth-order valence-corrected chi connectivity index (χ4v) is 3.51. The molecule has 0 radical (unpaired) electrons. The van der Waals surface area contributed by atoms with Crippen molar-refractivity contribution in [2.45, 2.75) is 13.8 Å². The lowest BCUT2D eigenvalue weighted by Gasteiger charge is -2.02. The number of aromatic nitrogens is 2. The standard InChI is InChI=1S/C22H16N2O/c1-13-6-9-19(24-12-13)18-5-3-4-16-17-8-7-15-10-11-23-14(2)20(15)22(17)25-21(16)18/h3-12H,1-2H3. The normalized spacial score (nSPS) is 11.6. The van der Waals surface area contributed by atoms with Gasteiger partial charge >= 0.3 is 0 Å². The van der Waals surface area contributed by atoms with Crippen molar-refractivity contribution in [3.63, 3.8) is 0 Å². The molecule has 0 atom stereocenters. The van der Waals surface area contributed by atoms with Gasteiger partial charge in [0.05, 0.1) is 5.69 Å². The van der Waals surface area contributed by atoms with Gasteiger partial charge in [0.2, 0.25) is 0 Å². The Bertz CT molecular complexity index is 1250. The minimum Gasteiger partial charge on any atom is -0.455 e. The van der Waals surface area contributed by atoms with Crippen LogP contribution in [-0.2, 0) is 0 Å². The maximum Gasteiger partial charge on any atom is 0.145 e. The summed E-state index contributed by atoms with van der Waals surface area (Å²) in [5, 5.41) is 4.46. The van der Waals surface area contributed by atoms with Crippen molar-refractivity contribution in [2.75, 3.05) is 0 Å². The number of pyridine rings is 2. The van der Waals surface area contributed by atoms with Crippen molar-refractivity contribution in [1.29, 1.82) is 0 Å². The van der Waals surface area contributed by atoms with Crippen LogP contribution in [0.2, 0.25) is 0 Å². The van der Waals surface area contributed by atoms with E-state index in [0.717, 1.165) is 55.2 Å². The van der Waals surface area contributed by atoms with Crippen molar-refractivity contribution in [3.05, 3.63) is 72.2 Å². The van der Waals surface area contributed by atoms with Crippen molar-refractivity contribution in [1.82, 2.24) is 9.97 Å². The highest BCUT2D eigenvalue weighted by Gasteiger charge is 2.15. The largest absolute Gasteiger partial charge is 0.455 e. The van der Waals surface area contributed by atoms with Gasteiger partial charge in [-0.1, -0.05) is 24.3 Å². The number of hydrogen-bond acceptors (Lipinski definition) is 3. The van der Waals surface area contributed by atoms with Gasteiger partial charge in [0.15, 0.2) is 0 Å². The second-order valence-corrected chi connectivity index (χ2v) is 6.44. The summed E-state index contributed by atoms with van der Waals surface area (Å²) < 4.78 is 6.38. The summed E-state index contributed by atoms with van der Waals surface area (Å²) in [7, 11) is 0. The second-order valence-electron chi connectivity index (χ2n) is 6.44. The van der Waals surface area contributed by atoms with Gasteiger partial charge in [0, 0.05) is 39.8 Å². The van der Waals surface area contributed by atoms with E-state index < -0.39 is 0 Å². The highest BCUT2D eigenvalue weighted by Crippen LogP contribution is 2.38. The number of benzene rings is 2. The third kappa shape index (κ3) is 2.06. The van der Waals surface area contributed by atoms with Crippen LogP contribution in [0.3, 0.4) is 0 Å². The predicted molar refractivity (Wildman–Crippen MR) is 102 cm³/mol. The molecule has 3 heteroatoms. The second kappa shape index (κ2) is 5.15. The SMILES string of the molecule is Cc1ccc(-c2cccc3c2oc2c3ccc3ccnc(C)c32)nc1. The van der Waals surface area contributed by atoms with Crippen LogP contribution in [0, 0.1) is 13.8 Å². The van der Waals surface area contributed by atoms with E-state index in [4.69, 9.17) is 4.42 Å². The molecule has 0 spiro atoms. The zero-order chi connectivity index (χ0) is 17.0. The fraction of sp³-hybridized carbons (Fsp3) is 0.0909. The van der Waals surface area contributed by atoms with E-state index in [0.29, 0.717) is 0 Å². The van der Waals surface area contributed by atoms with Crippen molar-refractivity contribution < 1.29 is 4.42 Å². The molecule has 0 aliphatic heterocycles. The highest BCUT2D eigenvalue weighted by atomic mass is 16.3. The molecule has 0 fully saturated rings. The molecule has 3 heterocycles. The van der Waals surface area contributed by atoms with Gasteiger partial charge in [-0.15, -0.1) is 0 Å². The summed E-state index contributed by atoms with van der Waals surface area (Å²) >= 11 is 0. The number of aryl methyl sites for hydroxylation is 2. The lowest BCUT2D eigenvalue weighted by Crippen LogP contribution is -1.84. The first-order valence-electron chi connectivity index (χ1n) is 8.35. The summed E-state index contributed by atoms with van der Waals surface area (Å²) in [6.45, 7) is 4.07. The van der Waals surface area contributed by atoms with Crippen LogP contribution in [-0.4, -0.2) is 9.97 Å². The predicted octanol–water partition coefficient (Wildman–Crippen LogP) is 5.81. The fourth-order valence-electron chi connectivity index (χ4n) is 3.51. The molecule has 5 aromatic rings. The Hall–Kier alpha value is -3.20. The van der Waals surface area contributed by atoms with Gasteiger partial charge in [-0.25, -0.2) is 0 Å². The summed E-state index contributed by atoms with van der Waals surface area (Å²) in [6.07, 6.45) is 3.73. The van der Waals surface area contributed by atoms with Crippen LogP contribution >= 0.6 is 0 Å². The van der Waals surface area contributed by atoms with E-state index >= 15 is 0 Å². The van der Waals surface area contributed by atoms with Gasteiger partial charge in [-0.05, 0) is 49.1 Å². The van der Waals surface area contributed by atoms with Gasteiger partial charge < -0.3 is 4.42 Å². The number of rotatable bonds is 1. The third-order valence-corrected chi connectivity index (χ3v) is 4.77. The minimum atomic E-state index is 0.879. The number of fused-ring (bicyclic) bond motifs is 5. The van der Waals surface area contributed by atoms with Gasteiger partial charge in [0.1, 0.15) is 11.2 Å². The van der Waals surface area contributed by atoms with Gasteiger partial charge in [0.25, 0.3) is 0 Å². The average Bonchev–Trinajstić information content (AvgIpc) is 3.01. The van der Waals surface area contributed by atoms with Gasteiger partial charge in [-0.3, -0.25) is 9.97 Å². The van der Waals surface area contributed by atoms with Crippen LogP contribution in [0.25, 0.3) is 44.0 Å². The maximum atomic E-state index is 6.38. The van der Waals surface area contributed by atoms with E-state index in [1.165, 1.54) is 0 Å². The first-order chi connectivity index (χ1) is 12.2. The quantitative estimate of drug-likeness (QED) is 0.390. The molecule has 120 valence electrons. The lowest BCUT2D eigenvalue weighted by atomic mass is 10.0. The number of nitrogens with zero attached hydrogens (tertiary/aromatic N) is 2. The van der Waals surface area contributed by atoms with Crippen LogP contribution in [0.15, 0.2) is 65.3 Å². The molecule has 0 saturated heterocycles. The first kappa shape index (κ1) is 14.2. The summed E-state index contributed by atoms with van der Waals surface area (Å²) in [5.41, 5.74) is 5.85. The molecular weight excluding hydrogens is 308 g/mol. The van der Waals surface area contributed by atoms with Crippen LogP contribution < -0.4 is 0 Å². The number of furan rings is 1. The van der Waals surface area contributed by atoms with E-state index in [9.17, 15) is 0 Å². The molecule has 0 aliphatic rings. The van der Waals surface area contributed by atoms with E-state index in [-0.39, 0.29) is 0 Å². The molecule has 0 aliphatic carbocycles. The monoisotopic (exact) mass is 324 g/mol. The molecule has 3 nitrogen and oxygen atoms in total. The van der Waals surface area contributed by atoms with Crippen molar-refractivity contribution in [3.8, 4) is 11.3 Å². The van der Waals surface area contributed by atoms with Crippen LogP contribution in [0.1, 0.15) is 11.3 Å². The summed E-state index contributed by atoms with van der Waals surface area (Å²) in [6, 6.07) is 16.7. The molecule has 25 heavy (non-hydrogen) atoms. The molecule has 3 aromatic heterocycles. The Labute approximate surface area is 144 Å². The molecular formula is C22H16N2O. The topological polar surface area (TPSA) is 38.9 Å². The third-order valence-electron chi connectivity index (χ3n) is 4.77.